The van der Waals surface area contributed by atoms with Crippen molar-refractivity contribution in [3.8, 4) is 0 Å². The van der Waals surface area contributed by atoms with E-state index >= 15 is 0 Å². The highest BCUT2D eigenvalue weighted by Crippen LogP contribution is 2.44. The number of halogens is 1. The summed E-state index contributed by atoms with van der Waals surface area (Å²) in [5, 5.41) is 5.22. The number of rotatable bonds is 9. The topological polar surface area (TPSA) is 55.9 Å². The number of nitrogens with one attached hydrogen (secondary N) is 1. The maximum absolute atomic E-state index is 13.8. The Labute approximate surface area is 234 Å². The number of amides is 2. The Morgan fingerprint density at radius 2 is 1.77 bits per heavy atom. The van der Waals surface area contributed by atoms with Crippen molar-refractivity contribution in [2.24, 2.45) is 5.92 Å². The summed E-state index contributed by atoms with van der Waals surface area (Å²) in [5.41, 5.74) is 2.50. The Kier molecular flexibility index (Phi) is 8.63. The predicted octanol–water partition coefficient (Wildman–Crippen LogP) is 5.15. The van der Waals surface area contributed by atoms with Gasteiger partial charge in [-0.25, -0.2) is 4.39 Å². The van der Waals surface area contributed by atoms with E-state index in [1.54, 1.807) is 11.3 Å². The first-order chi connectivity index (χ1) is 18.9. The van der Waals surface area contributed by atoms with Crippen molar-refractivity contribution >= 4 is 28.8 Å². The number of benzene rings is 2. The van der Waals surface area contributed by atoms with Crippen molar-refractivity contribution in [3.63, 3.8) is 0 Å². The fourth-order valence-electron chi connectivity index (χ4n) is 5.75. The molecule has 8 heteroatoms. The minimum absolute atomic E-state index is 0.00142. The Morgan fingerprint density at radius 1 is 1.03 bits per heavy atom. The van der Waals surface area contributed by atoms with E-state index < -0.39 is 5.92 Å². The third kappa shape index (κ3) is 6.17. The molecule has 0 radical (unpaired) electrons. The highest BCUT2D eigenvalue weighted by Gasteiger charge is 2.44. The number of thiophene rings is 1. The molecule has 2 aliphatic rings. The third-order valence-corrected chi connectivity index (χ3v) is 8.58. The van der Waals surface area contributed by atoms with Crippen LogP contribution in [0.15, 0.2) is 66.0 Å². The van der Waals surface area contributed by atoms with Crippen LogP contribution in [0.2, 0.25) is 0 Å². The molecule has 6 nitrogen and oxygen atoms in total. The molecule has 3 heterocycles. The lowest BCUT2D eigenvalue weighted by molar-refractivity contribution is -0.124. The van der Waals surface area contributed by atoms with Gasteiger partial charge >= 0.3 is 0 Å². The van der Waals surface area contributed by atoms with Crippen LogP contribution in [-0.4, -0.2) is 67.4 Å². The van der Waals surface area contributed by atoms with Crippen LogP contribution in [0.3, 0.4) is 0 Å². The number of anilines is 1. The minimum atomic E-state index is -0.449. The number of hydrogen-bond donors (Lipinski definition) is 1. The summed E-state index contributed by atoms with van der Waals surface area (Å²) in [7, 11) is 0. The van der Waals surface area contributed by atoms with Crippen LogP contribution in [0.5, 0.6) is 0 Å². The Bertz CT molecular complexity index is 1260. The molecule has 3 aromatic rings. The van der Waals surface area contributed by atoms with E-state index in [2.05, 4.69) is 29.0 Å². The van der Waals surface area contributed by atoms with Gasteiger partial charge in [0.15, 0.2) is 0 Å². The lowest BCUT2D eigenvalue weighted by Crippen LogP contribution is -2.49. The summed E-state index contributed by atoms with van der Waals surface area (Å²) in [5.74, 6) is -0.397. The van der Waals surface area contributed by atoms with Crippen LogP contribution in [0.1, 0.15) is 53.0 Å². The van der Waals surface area contributed by atoms with Crippen molar-refractivity contribution < 1.29 is 14.0 Å². The number of fused-ring (bicyclic) bond motifs is 1. The quantitative estimate of drug-likeness (QED) is 0.376. The summed E-state index contributed by atoms with van der Waals surface area (Å²) < 4.78 is 13.2. The first-order valence-electron chi connectivity index (χ1n) is 13.9. The SMILES string of the molecule is CC(C)CN1C(=O)c2ccccc2[C@H](C(=O)NCCCN2CCN(c3ccc(F)cc3)CC2)[C@@H]1c1cccs1. The Morgan fingerprint density at radius 3 is 2.46 bits per heavy atom. The summed E-state index contributed by atoms with van der Waals surface area (Å²) in [6.07, 6.45) is 0.856. The zero-order valence-corrected chi connectivity index (χ0v) is 23.5. The summed E-state index contributed by atoms with van der Waals surface area (Å²) in [6, 6.07) is 18.0. The molecule has 5 rings (SSSR count). The molecule has 1 fully saturated rings. The van der Waals surface area contributed by atoms with E-state index in [0.29, 0.717) is 18.7 Å². The van der Waals surface area contributed by atoms with Crippen LogP contribution in [-0.2, 0) is 4.79 Å². The normalized spacial score (nSPS) is 19.8. The molecule has 2 atom stereocenters. The van der Waals surface area contributed by atoms with Crippen molar-refractivity contribution in [3.05, 3.63) is 87.9 Å². The molecule has 0 bridgehead atoms. The van der Waals surface area contributed by atoms with Gasteiger partial charge in [-0.2, -0.15) is 0 Å². The molecule has 206 valence electrons. The molecular weight excluding hydrogens is 511 g/mol. The third-order valence-electron chi connectivity index (χ3n) is 7.63. The molecule has 2 aliphatic heterocycles. The van der Waals surface area contributed by atoms with Crippen LogP contribution in [0, 0.1) is 11.7 Å². The van der Waals surface area contributed by atoms with Gasteiger partial charge < -0.3 is 15.1 Å². The van der Waals surface area contributed by atoms with E-state index in [9.17, 15) is 14.0 Å². The smallest absolute Gasteiger partial charge is 0.254 e. The Balaban J connectivity index is 1.21. The van der Waals surface area contributed by atoms with Crippen molar-refractivity contribution in [2.45, 2.75) is 32.2 Å². The molecule has 2 amide bonds. The zero-order chi connectivity index (χ0) is 27.4. The lowest BCUT2D eigenvalue weighted by atomic mass is 9.81. The van der Waals surface area contributed by atoms with Crippen molar-refractivity contribution in [2.75, 3.05) is 50.7 Å². The van der Waals surface area contributed by atoms with Gasteiger partial charge in [0.25, 0.3) is 5.91 Å². The van der Waals surface area contributed by atoms with E-state index in [1.807, 2.05) is 58.8 Å². The van der Waals surface area contributed by atoms with E-state index in [4.69, 9.17) is 0 Å². The van der Waals surface area contributed by atoms with E-state index in [1.165, 1.54) is 12.1 Å². The number of hydrogen-bond acceptors (Lipinski definition) is 5. The highest BCUT2D eigenvalue weighted by molar-refractivity contribution is 7.10. The van der Waals surface area contributed by atoms with Crippen molar-refractivity contribution in [1.82, 2.24) is 15.1 Å². The maximum Gasteiger partial charge on any atom is 0.254 e. The second-order valence-corrected chi connectivity index (χ2v) is 11.8. The molecule has 0 unspecified atom stereocenters. The van der Waals surface area contributed by atoms with E-state index in [-0.39, 0.29) is 29.6 Å². The number of piperazine rings is 1. The Hall–Kier alpha value is -3.23. The van der Waals surface area contributed by atoms with Gasteiger partial charge in [-0.3, -0.25) is 14.5 Å². The number of carbonyl (C=O) groups is 2. The molecule has 2 aromatic carbocycles. The van der Waals surface area contributed by atoms with Gasteiger partial charge in [0.05, 0.1) is 12.0 Å². The van der Waals surface area contributed by atoms with Crippen LogP contribution in [0.4, 0.5) is 10.1 Å². The molecular formula is C31H37FN4O2S. The van der Waals surface area contributed by atoms with Gasteiger partial charge in [-0.15, -0.1) is 11.3 Å². The zero-order valence-electron chi connectivity index (χ0n) is 22.7. The minimum Gasteiger partial charge on any atom is -0.369 e. The predicted molar refractivity (Wildman–Crippen MR) is 155 cm³/mol. The van der Waals surface area contributed by atoms with Gasteiger partial charge in [-0.1, -0.05) is 38.1 Å². The molecule has 0 aliphatic carbocycles. The van der Waals surface area contributed by atoms with Crippen LogP contribution < -0.4 is 10.2 Å². The lowest BCUT2D eigenvalue weighted by Gasteiger charge is -2.42. The fourth-order valence-corrected chi connectivity index (χ4v) is 6.63. The van der Waals surface area contributed by atoms with Gasteiger partial charge in [-0.05, 0) is 66.2 Å². The molecule has 1 aromatic heterocycles. The second-order valence-electron chi connectivity index (χ2n) is 10.8. The number of carbonyl (C=O) groups excluding carboxylic acids is 2. The van der Waals surface area contributed by atoms with Crippen molar-refractivity contribution in [1.29, 1.82) is 0 Å². The highest BCUT2D eigenvalue weighted by atomic mass is 32.1. The first kappa shape index (κ1) is 27.3. The van der Waals surface area contributed by atoms with Crippen LogP contribution >= 0.6 is 11.3 Å². The molecule has 39 heavy (non-hydrogen) atoms. The fraction of sp³-hybridized carbons (Fsp3) is 0.419. The van der Waals surface area contributed by atoms with Gasteiger partial charge in [0.1, 0.15) is 5.82 Å². The average Bonchev–Trinajstić information content (AvgIpc) is 3.48. The van der Waals surface area contributed by atoms with Gasteiger partial charge in [0, 0.05) is 55.4 Å². The molecule has 1 N–H and O–H groups in total. The maximum atomic E-state index is 13.8. The average molecular weight is 549 g/mol. The molecule has 0 spiro atoms. The van der Waals surface area contributed by atoms with E-state index in [0.717, 1.165) is 55.3 Å². The molecule has 1 saturated heterocycles. The monoisotopic (exact) mass is 548 g/mol. The van der Waals surface area contributed by atoms with Gasteiger partial charge in [0.2, 0.25) is 5.91 Å². The van der Waals surface area contributed by atoms with Crippen LogP contribution in [0.25, 0.3) is 0 Å². The number of nitrogens with zero attached hydrogens (tertiary/aromatic N) is 3. The summed E-state index contributed by atoms with van der Waals surface area (Å²) in [6.45, 7) is 9.99. The largest absolute Gasteiger partial charge is 0.369 e. The summed E-state index contributed by atoms with van der Waals surface area (Å²) >= 11 is 1.60. The standard InChI is InChI=1S/C31H37FN4O2S/c1-22(2)21-36-29(27-9-5-20-39-27)28(25-7-3-4-8-26(25)31(36)38)30(37)33-14-6-15-34-16-18-35(19-17-34)24-12-10-23(32)11-13-24/h3-5,7-13,20,22,28-29H,6,14-19,21H2,1-2H3,(H,33,37)/t28-,29-/m0/s1. The second kappa shape index (κ2) is 12.3. The summed E-state index contributed by atoms with van der Waals surface area (Å²) in [4.78, 5) is 35.0. The molecule has 0 saturated carbocycles. The first-order valence-corrected chi connectivity index (χ1v) is 14.7.